The quantitative estimate of drug-likeness (QED) is 0.654. The van der Waals surface area contributed by atoms with E-state index >= 15 is 0 Å². The molecule has 1 aromatic carbocycles. The molecule has 150 valence electrons. The zero-order valence-electron chi connectivity index (χ0n) is 16.8. The Hall–Kier alpha value is -2.47. The second-order valence-corrected chi connectivity index (χ2v) is 9.19. The standard InChI is InChI=1S/C23H26N4OS/c1-16-23(25-20-5-3-2-4-19(20)24-16)26-10-6-17(7-11-26)14-22(28)27-12-8-21-18(15-27)9-13-29-21/h2-5,9,13,17H,6-8,10-12,14-15H2,1H3. The minimum absolute atomic E-state index is 0.321. The molecular formula is C23H26N4OS. The smallest absolute Gasteiger partial charge is 0.223 e. The van der Waals surface area contributed by atoms with Crippen LogP contribution in [0.5, 0.6) is 0 Å². The molecule has 6 heteroatoms. The Morgan fingerprint density at radius 3 is 2.66 bits per heavy atom. The van der Waals surface area contributed by atoms with Crippen LogP contribution in [-0.2, 0) is 17.8 Å². The molecule has 4 heterocycles. The van der Waals surface area contributed by atoms with Gasteiger partial charge in [0.25, 0.3) is 0 Å². The zero-order chi connectivity index (χ0) is 19.8. The molecule has 1 saturated heterocycles. The third kappa shape index (κ3) is 3.73. The van der Waals surface area contributed by atoms with E-state index in [-0.39, 0.29) is 0 Å². The van der Waals surface area contributed by atoms with Gasteiger partial charge in [-0.3, -0.25) is 4.79 Å². The van der Waals surface area contributed by atoms with Crippen molar-refractivity contribution in [2.75, 3.05) is 24.5 Å². The molecule has 29 heavy (non-hydrogen) atoms. The number of carbonyl (C=O) groups excluding carboxylic acids is 1. The molecule has 0 aliphatic carbocycles. The second-order valence-electron chi connectivity index (χ2n) is 8.19. The Morgan fingerprint density at radius 2 is 1.86 bits per heavy atom. The Labute approximate surface area is 175 Å². The third-order valence-electron chi connectivity index (χ3n) is 6.26. The number of para-hydroxylation sites is 2. The van der Waals surface area contributed by atoms with Crippen molar-refractivity contribution in [3.63, 3.8) is 0 Å². The highest BCUT2D eigenvalue weighted by molar-refractivity contribution is 7.10. The van der Waals surface area contributed by atoms with Crippen LogP contribution in [0.15, 0.2) is 35.7 Å². The summed E-state index contributed by atoms with van der Waals surface area (Å²) in [4.78, 5) is 28.3. The van der Waals surface area contributed by atoms with E-state index in [4.69, 9.17) is 9.97 Å². The molecular weight excluding hydrogens is 380 g/mol. The van der Waals surface area contributed by atoms with E-state index in [1.54, 1.807) is 0 Å². The van der Waals surface area contributed by atoms with Gasteiger partial charge in [-0.1, -0.05) is 12.1 Å². The number of benzene rings is 1. The number of hydrogen-bond acceptors (Lipinski definition) is 5. The number of anilines is 1. The summed E-state index contributed by atoms with van der Waals surface area (Å²) in [6.07, 6.45) is 3.77. The molecule has 5 nitrogen and oxygen atoms in total. The lowest BCUT2D eigenvalue weighted by molar-refractivity contribution is -0.133. The number of hydrogen-bond donors (Lipinski definition) is 0. The molecule has 1 amide bonds. The number of thiophene rings is 1. The maximum absolute atomic E-state index is 12.8. The first-order chi connectivity index (χ1) is 14.2. The average Bonchev–Trinajstić information content (AvgIpc) is 3.22. The van der Waals surface area contributed by atoms with Gasteiger partial charge in [-0.05, 0) is 61.2 Å². The van der Waals surface area contributed by atoms with Crippen LogP contribution in [0.4, 0.5) is 5.82 Å². The number of nitrogens with zero attached hydrogens (tertiary/aromatic N) is 4. The van der Waals surface area contributed by atoms with Gasteiger partial charge in [-0.2, -0.15) is 0 Å². The van der Waals surface area contributed by atoms with Gasteiger partial charge in [-0.15, -0.1) is 11.3 Å². The van der Waals surface area contributed by atoms with Crippen molar-refractivity contribution < 1.29 is 4.79 Å². The maximum Gasteiger partial charge on any atom is 0.223 e. The molecule has 2 aliphatic rings. The van der Waals surface area contributed by atoms with Crippen molar-refractivity contribution in [2.24, 2.45) is 5.92 Å². The van der Waals surface area contributed by atoms with Gasteiger partial charge in [0.05, 0.1) is 16.7 Å². The van der Waals surface area contributed by atoms with Gasteiger partial charge in [0.2, 0.25) is 5.91 Å². The van der Waals surface area contributed by atoms with Crippen LogP contribution in [0, 0.1) is 12.8 Å². The Morgan fingerprint density at radius 1 is 1.10 bits per heavy atom. The highest BCUT2D eigenvalue weighted by atomic mass is 32.1. The molecule has 1 fully saturated rings. The summed E-state index contributed by atoms with van der Waals surface area (Å²) in [5, 5.41) is 2.14. The lowest BCUT2D eigenvalue weighted by Gasteiger charge is -2.34. The number of aryl methyl sites for hydroxylation is 1. The fraction of sp³-hybridized carbons (Fsp3) is 0.435. The first-order valence-corrected chi connectivity index (χ1v) is 11.4. The largest absolute Gasteiger partial charge is 0.355 e. The molecule has 0 N–H and O–H groups in total. The normalized spacial score (nSPS) is 17.6. The van der Waals surface area contributed by atoms with E-state index in [0.29, 0.717) is 18.2 Å². The Kier molecular flexibility index (Phi) is 4.96. The SMILES string of the molecule is Cc1nc2ccccc2nc1N1CCC(CC(=O)N2CCc3sccc3C2)CC1. The van der Waals surface area contributed by atoms with Gasteiger partial charge < -0.3 is 9.80 Å². The summed E-state index contributed by atoms with van der Waals surface area (Å²) in [6, 6.07) is 10.2. The zero-order valence-corrected chi connectivity index (χ0v) is 17.6. The summed E-state index contributed by atoms with van der Waals surface area (Å²) >= 11 is 1.82. The molecule has 0 unspecified atom stereocenters. The minimum atomic E-state index is 0.321. The van der Waals surface area contributed by atoms with Gasteiger partial charge in [0.1, 0.15) is 0 Å². The fourth-order valence-electron chi connectivity index (χ4n) is 4.56. The molecule has 0 radical (unpaired) electrons. The number of fused-ring (bicyclic) bond motifs is 2. The topological polar surface area (TPSA) is 49.3 Å². The number of carbonyl (C=O) groups is 1. The van der Waals surface area contributed by atoms with E-state index in [0.717, 1.165) is 68.0 Å². The Balaban J connectivity index is 1.20. The van der Waals surface area contributed by atoms with Crippen LogP contribution >= 0.6 is 11.3 Å². The third-order valence-corrected chi connectivity index (χ3v) is 7.28. The summed E-state index contributed by atoms with van der Waals surface area (Å²) in [7, 11) is 0. The van der Waals surface area contributed by atoms with Crippen LogP contribution in [-0.4, -0.2) is 40.4 Å². The van der Waals surface area contributed by atoms with Gasteiger partial charge in [0, 0.05) is 37.5 Å². The summed E-state index contributed by atoms with van der Waals surface area (Å²) in [5.74, 6) is 1.79. The minimum Gasteiger partial charge on any atom is -0.355 e. The predicted octanol–water partition coefficient (Wildman–Crippen LogP) is 4.19. The molecule has 5 rings (SSSR count). The molecule has 0 bridgehead atoms. The first-order valence-electron chi connectivity index (χ1n) is 10.5. The Bertz CT molecular complexity index is 1040. The van der Waals surface area contributed by atoms with Crippen molar-refractivity contribution >= 4 is 34.1 Å². The summed E-state index contributed by atoms with van der Waals surface area (Å²) in [6.45, 7) is 5.60. The van der Waals surface area contributed by atoms with E-state index in [1.165, 1.54) is 10.4 Å². The first kappa shape index (κ1) is 18.6. The molecule has 0 atom stereocenters. The van der Waals surface area contributed by atoms with Crippen LogP contribution < -0.4 is 4.90 Å². The molecule has 2 aliphatic heterocycles. The average molecular weight is 407 g/mol. The van der Waals surface area contributed by atoms with E-state index < -0.39 is 0 Å². The summed E-state index contributed by atoms with van der Waals surface area (Å²) < 4.78 is 0. The van der Waals surface area contributed by atoms with E-state index in [2.05, 4.69) is 21.2 Å². The van der Waals surface area contributed by atoms with Crippen LogP contribution in [0.25, 0.3) is 11.0 Å². The second kappa shape index (κ2) is 7.75. The molecule has 0 saturated carbocycles. The number of amides is 1. The predicted molar refractivity (Wildman–Crippen MR) is 117 cm³/mol. The lowest BCUT2D eigenvalue weighted by atomic mass is 9.92. The van der Waals surface area contributed by atoms with Crippen molar-refractivity contribution in [3.8, 4) is 0 Å². The highest BCUT2D eigenvalue weighted by Gasteiger charge is 2.27. The number of aromatic nitrogens is 2. The molecule has 3 aromatic rings. The van der Waals surface area contributed by atoms with Crippen molar-refractivity contribution in [2.45, 2.75) is 39.2 Å². The van der Waals surface area contributed by atoms with Crippen LogP contribution in [0.1, 0.15) is 35.4 Å². The van der Waals surface area contributed by atoms with E-state index in [1.807, 2.05) is 42.5 Å². The van der Waals surface area contributed by atoms with Gasteiger partial charge in [0.15, 0.2) is 5.82 Å². The molecule has 0 spiro atoms. The molecule has 2 aromatic heterocycles. The number of rotatable bonds is 3. The van der Waals surface area contributed by atoms with Crippen molar-refractivity contribution in [3.05, 3.63) is 51.8 Å². The van der Waals surface area contributed by atoms with Crippen LogP contribution in [0.3, 0.4) is 0 Å². The van der Waals surface area contributed by atoms with Crippen molar-refractivity contribution in [1.29, 1.82) is 0 Å². The maximum atomic E-state index is 12.8. The van der Waals surface area contributed by atoms with E-state index in [9.17, 15) is 4.79 Å². The summed E-state index contributed by atoms with van der Waals surface area (Å²) in [5.41, 5.74) is 4.22. The van der Waals surface area contributed by atoms with Gasteiger partial charge >= 0.3 is 0 Å². The highest BCUT2D eigenvalue weighted by Crippen LogP contribution is 2.29. The van der Waals surface area contributed by atoms with Crippen molar-refractivity contribution in [1.82, 2.24) is 14.9 Å². The van der Waals surface area contributed by atoms with Crippen LogP contribution in [0.2, 0.25) is 0 Å². The lowest BCUT2D eigenvalue weighted by Crippen LogP contribution is -2.39. The fourth-order valence-corrected chi connectivity index (χ4v) is 5.45. The number of piperidine rings is 1. The monoisotopic (exact) mass is 406 g/mol. The van der Waals surface area contributed by atoms with Gasteiger partial charge in [-0.25, -0.2) is 9.97 Å².